The fraction of sp³-hybridized carbons (Fsp3) is 0.462. The lowest BCUT2D eigenvalue weighted by Crippen LogP contribution is -2.23. The lowest BCUT2D eigenvalue weighted by Gasteiger charge is -2.14. The summed E-state index contributed by atoms with van der Waals surface area (Å²) < 4.78 is 0.967. The Hall–Kier alpha value is -0.480. The predicted molar refractivity (Wildman–Crippen MR) is 77.7 cm³/mol. The number of rotatable bonds is 2. The van der Waals surface area contributed by atoms with Crippen molar-refractivity contribution in [1.82, 2.24) is 0 Å². The zero-order valence-electron chi connectivity index (χ0n) is 10.0. The smallest absolute Gasteiger partial charge is 0.228 e. The van der Waals surface area contributed by atoms with E-state index in [0.717, 1.165) is 33.7 Å². The molecule has 1 saturated heterocycles. The molecule has 0 aromatic heterocycles. The van der Waals surface area contributed by atoms with Crippen molar-refractivity contribution in [2.45, 2.75) is 20.3 Å². The number of anilines is 1. The minimum absolute atomic E-state index is 0.155. The number of carbonyl (C=O) groups excluding carboxylic acids is 1. The molecule has 1 fully saturated rings. The molecule has 1 N–H and O–H groups in total. The van der Waals surface area contributed by atoms with Crippen molar-refractivity contribution in [2.75, 3.05) is 16.8 Å². The summed E-state index contributed by atoms with van der Waals surface area (Å²) in [6, 6.07) is 4.12. The van der Waals surface area contributed by atoms with Gasteiger partial charge in [0.2, 0.25) is 5.91 Å². The molecule has 0 radical (unpaired) electrons. The monoisotopic (exact) mass is 313 g/mol. The first-order valence-electron chi connectivity index (χ1n) is 5.73. The van der Waals surface area contributed by atoms with Gasteiger partial charge in [0.15, 0.2) is 0 Å². The van der Waals surface area contributed by atoms with Crippen LogP contribution < -0.4 is 5.32 Å². The number of hydrogen-bond donors (Lipinski definition) is 1. The second kappa shape index (κ2) is 5.44. The summed E-state index contributed by atoms with van der Waals surface area (Å²) in [5.74, 6) is 2.38. The molecule has 0 saturated carbocycles. The number of halogens is 1. The largest absolute Gasteiger partial charge is 0.325 e. The Morgan fingerprint density at radius 3 is 2.82 bits per heavy atom. The van der Waals surface area contributed by atoms with Crippen LogP contribution in [-0.4, -0.2) is 17.4 Å². The van der Waals surface area contributed by atoms with Crippen LogP contribution in [-0.2, 0) is 4.79 Å². The number of hydrogen-bond acceptors (Lipinski definition) is 2. The first-order valence-corrected chi connectivity index (χ1v) is 7.68. The molecule has 1 aliphatic rings. The first kappa shape index (κ1) is 13.0. The Morgan fingerprint density at radius 1 is 1.47 bits per heavy atom. The summed E-state index contributed by atoms with van der Waals surface area (Å²) in [5, 5.41) is 3.05. The normalized spacial score (nSPS) is 19.4. The van der Waals surface area contributed by atoms with Crippen molar-refractivity contribution in [3.63, 3.8) is 0 Å². The van der Waals surface area contributed by atoms with Crippen molar-refractivity contribution < 1.29 is 4.79 Å². The fourth-order valence-corrected chi connectivity index (χ4v) is 4.03. The maximum absolute atomic E-state index is 12.1. The third kappa shape index (κ3) is 3.05. The highest BCUT2D eigenvalue weighted by atomic mass is 79.9. The Bertz CT molecular complexity index is 418. The van der Waals surface area contributed by atoms with Crippen molar-refractivity contribution in [1.29, 1.82) is 0 Å². The third-order valence-corrected chi connectivity index (χ3v) is 4.77. The van der Waals surface area contributed by atoms with Crippen LogP contribution in [0.3, 0.4) is 0 Å². The van der Waals surface area contributed by atoms with Gasteiger partial charge < -0.3 is 5.32 Å². The Morgan fingerprint density at radius 2 is 2.24 bits per heavy atom. The molecule has 1 aromatic carbocycles. The lowest BCUT2D eigenvalue weighted by atomic mass is 10.1. The van der Waals surface area contributed by atoms with Crippen LogP contribution in [0.4, 0.5) is 5.69 Å². The van der Waals surface area contributed by atoms with E-state index in [9.17, 15) is 4.79 Å². The minimum Gasteiger partial charge on any atom is -0.325 e. The van der Waals surface area contributed by atoms with Gasteiger partial charge in [0.25, 0.3) is 0 Å². The molecule has 17 heavy (non-hydrogen) atoms. The van der Waals surface area contributed by atoms with E-state index in [1.54, 1.807) is 0 Å². The standard InChI is InChI=1S/C13H16BrNOS/c1-8-5-9(2)12(11(14)6-8)15-13(16)10-3-4-17-7-10/h5-6,10H,3-4,7H2,1-2H3,(H,15,16). The predicted octanol–water partition coefficient (Wildman–Crippen LogP) is 3.76. The third-order valence-electron chi connectivity index (χ3n) is 2.98. The zero-order chi connectivity index (χ0) is 12.4. The van der Waals surface area contributed by atoms with E-state index in [4.69, 9.17) is 0 Å². The summed E-state index contributed by atoms with van der Waals surface area (Å²) in [7, 11) is 0. The van der Waals surface area contributed by atoms with Gasteiger partial charge in [-0.1, -0.05) is 6.07 Å². The fourth-order valence-electron chi connectivity index (χ4n) is 2.04. The number of amides is 1. The van der Waals surface area contributed by atoms with Gasteiger partial charge in [-0.15, -0.1) is 0 Å². The van der Waals surface area contributed by atoms with E-state index < -0.39 is 0 Å². The van der Waals surface area contributed by atoms with Gasteiger partial charge in [0.1, 0.15) is 0 Å². The van der Waals surface area contributed by atoms with Crippen molar-refractivity contribution >= 4 is 39.3 Å². The zero-order valence-corrected chi connectivity index (χ0v) is 12.5. The van der Waals surface area contributed by atoms with Gasteiger partial charge >= 0.3 is 0 Å². The average molecular weight is 314 g/mol. The number of nitrogens with one attached hydrogen (secondary N) is 1. The van der Waals surface area contributed by atoms with Gasteiger partial charge in [-0.05, 0) is 59.1 Å². The molecule has 0 aliphatic carbocycles. The van der Waals surface area contributed by atoms with Crippen LogP contribution in [0.5, 0.6) is 0 Å². The molecule has 2 rings (SSSR count). The second-order valence-corrected chi connectivity index (χ2v) is 6.49. The van der Waals surface area contributed by atoms with Gasteiger partial charge in [-0.3, -0.25) is 4.79 Å². The molecule has 0 spiro atoms. The highest BCUT2D eigenvalue weighted by Crippen LogP contribution is 2.30. The number of thioether (sulfide) groups is 1. The molecule has 92 valence electrons. The van der Waals surface area contributed by atoms with Crippen LogP contribution in [0.15, 0.2) is 16.6 Å². The first-order chi connectivity index (χ1) is 8.08. The van der Waals surface area contributed by atoms with Crippen LogP contribution in [0, 0.1) is 19.8 Å². The molecule has 2 nitrogen and oxygen atoms in total. The summed E-state index contributed by atoms with van der Waals surface area (Å²) in [6.45, 7) is 4.08. The van der Waals surface area contributed by atoms with Crippen molar-refractivity contribution in [3.8, 4) is 0 Å². The maximum atomic E-state index is 12.1. The van der Waals surface area contributed by atoms with Crippen LogP contribution >= 0.6 is 27.7 Å². The molecule has 1 unspecified atom stereocenters. The van der Waals surface area contributed by atoms with E-state index in [0.29, 0.717) is 0 Å². The van der Waals surface area contributed by atoms with Crippen LogP contribution in [0.1, 0.15) is 17.5 Å². The van der Waals surface area contributed by atoms with Gasteiger partial charge in [0.05, 0.1) is 5.69 Å². The van der Waals surface area contributed by atoms with E-state index >= 15 is 0 Å². The Balaban J connectivity index is 2.15. The Labute approximate surface area is 115 Å². The van der Waals surface area contributed by atoms with Gasteiger partial charge in [-0.25, -0.2) is 0 Å². The lowest BCUT2D eigenvalue weighted by molar-refractivity contribution is -0.119. The summed E-state index contributed by atoms with van der Waals surface area (Å²) >= 11 is 5.37. The SMILES string of the molecule is Cc1cc(C)c(NC(=O)C2CCSC2)c(Br)c1. The molecule has 4 heteroatoms. The minimum atomic E-state index is 0.155. The number of carbonyl (C=O) groups is 1. The molecular weight excluding hydrogens is 298 g/mol. The highest BCUT2D eigenvalue weighted by Gasteiger charge is 2.24. The van der Waals surface area contributed by atoms with Crippen LogP contribution in [0.25, 0.3) is 0 Å². The Kier molecular flexibility index (Phi) is 4.15. The number of benzene rings is 1. The van der Waals surface area contributed by atoms with E-state index in [-0.39, 0.29) is 11.8 Å². The molecule has 1 aliphatic heterocycles. The molecule has 1 atom stereocenters. The topological polar surface area (TPSA) is 29.1 Å². The summed E-state index contributed by atoms with van der Waals surface area (Å²) in [6.07, 6.45) is 0.999. The molecular formula is C13H16BrNOS. The molecule has 1 aromatic rings. The van der Waals surface area contributed by atoms with Crippen LogP contribution in [0.2, 0.25) is 0 Å². The highest BCUT2D eigenvalue weighted by molar-refractivity contribution is 9.10. The van der Waals surface area contributed by atoms with E-state index in [2.05, 4.69) is 34.2 Å². The average Bonchev–Trinajstić information content (AvgIpc) is 2.76. The van der Waals surface area contributed by atoms with Gasteiger partial charge in [0, 0.05) is 16.1 Å². The van der Waals surface area contributed by atoms with Crippen molar-refractivity contribution in [3.05, 3.63) is 27.7 Å². The van der Waals surface area contributed by atoms with Gasteiger partial charge in [-0.2, -0.15) is 11.8 Å². The summed E-state index contributed by atoms with van der Waals surface area (Å²) in [5.41, 5.74) is 3.22. The maximum Gasteiger partial charge on any atom is 0.228 e. The van der Waals surface area contributed by atoms with E-state index in [1.807, 2.05) is 24.8 Å². The number of aryl methyl sites for hydroxylation is 2. The molecule has 0 bridgehead atoms. The quantitative estimate of drug-likeness (QED) is 0.900. The summed E-state index contributed by atoms with van der Waals surface area (Å²) in [4.78, 5) is 12.1. The molecule has 1 heterocycles. The second-order valence-electron chi connectivity index (χ2n) is 4.49. The van der Waals surface area contributed by atoms with Crippen molar-refractivity contribution in [2.24, 2.45) is 5.92 Å². The van der Waals surface area contributed by atoms with E-state index in [1.165, 1.54) is 5.56 Å². The molecule has 1 amide bonds.